The van der Waals surface area contributed by atoms with Crippen LogP contribution in [0.2, 0.25) is 0 Å². The van der Waals surface area contributed by atoms with Gasteiger partial charge in [0, 0.05) is 37.2 Å². The van der Waals surface area contributed by atoms with E-state index in [4.69, 9.17) is 10.00 Å². The number of ketones is 1. The number of nitrogens with zero attached hydrogens (tertiary/aromatic N) is 3. The highest BCUT2D eigenvalue weighted by molar-refractivity contribution is 5.95. The van der Waals surface area contributed by atoms with Crippen LogP contribution >= 0.6 is 0 Å². The number of carbonyl (C=O) groups excluding carboxylic acids is 1. The molecule has 1 saturated heterocycles. The Balaban J connectivity index is 2.33. The summed E-state index contributed by atoms with van der Waals surface area (Å²) in [6.07, 6.45) is 1.18. The summed E-state index contributed by atoms with van der Waals surface area (Å²) in [5.41, 5.74) is 0.654. The summed E-state index contributed by atoms with van der Waals surface area (Å²) in [5.74, 6) is 0.0770. The molecular formula is C16H19N3O4. The van der Waals surface area contributed by atoms with Gasteiger partial charge >= 0.3 is 0 Å². The highest BCUT2D eigenvalue weighted by atomic mass is 16.6. The number of hydrogen-bond donors (Lipinski definition) is 0. The molecule has 0 aromatic heterocycles. The minimum Gasteiger partial charge on any atom is -0.381 e. The van der Waals surface area contributed by atoms with E-state index in [-0.39, 0.29) is 17.9 Å². The maximum Gasteiger partial charge on any atom is 0.293 e. The van der Waals surface area contributed by atoms with Crippen molar-refractivity contribution in [2.45, 2.75) is 19.8 Å². The van der Waals surface area contributed by atoms with Gasteiger partial charge in [-0.25, -0.2) is 0 Å². The van der Waals surface area contributed by atoms with Crippen LogP contribution in [0.25, 0.3) is 0 Å². The van der Waals surface area contributed by atoms with Crippen molar-refractivity contribution in [1.29, 1.82) is 5.26 Å². The SMILES string of the molecule is CC(=O)c1ccc(N(CCC#N)CC2CCOC2)c([N+](=O)[O-])c1. The van der Waals surface area contributed by atoms with Gasteiger partial charge in [0.05, 0.1) is 24.0 Å². The lowest BCUT2D eigenvalue weighted by Crippen LogP contribution is -2.31. The zero-order valence-electron chi connectivity index (χ0n) is 13.0. The van der Waals surface area contributed by atoms with Gasteiger partial charge in [0.1, 0.15) is 5.69 Å². The second kappa shape index (κ2) is 7.70. The van der Waals surface area contributed by atoms with Crippen LogP contribution in [0, 0.1) is 27.4 Å². The Hall–Kier alpha value is -2.46. The smallest absolute Gasteiger partial charge is 0.293 e. The van der Waals surface area contributed by atoms with E-state index in [1.54, 1.807) is 12.1 Å². The van der Waals surface area contributed by atoms with Crippen LogP contribution in [0.1, 0.15) is 30.1 Å². The number of ether oxygens (including phenoxy) is 1. The van der Waals surface area contributed by atoms with E-state index in [1.165, 1.54) is 13.0 Å². The first-order valence-electron chi connectivity index (χ1n) is 7.52. The Morgan fingerprint density at radius 3 is 2.91 bits per heavy atom. The van der Waals surface area contributed by atoms with E-state index in [9.17, 15) is 14.9 Å². The van der Waals surface area contributed by atoms with Crippen molar-refractivity contribution >= 4 is 17.2 Å². The van der Waals surface area contributed by atoms with Crippen LogP contribution in [0.15, 0.2) is 18.2 Å². The molecule has 0 aliphatic carbocycles. The van der Waals surface area contributed by atoms with Gasteiger partial charge in [-0.15, -0.1) is 0 Å². The Labute approximate surface area is 134 Å². The average Bonchev–Trinajstić information content (AvgIpc) is 3.03. The van der Waals surface area contributed by atoms with Gasteiger partial charge in [0.15, 0.2) is 5.78 Å². The number of anilines is 1. The third-order valence-corrected chi connectivity index (χ3v) is 3.92. The fraction of sp³-hybridized carbons (Fsp3) is 0.500. The summed E-state index contributed by atoms with van der Waals surface area (Å²) in [6, 6.07) is 6.57. The molecule has 23 heavy (non-hydrogen) atoms. The Morgan fingerprint density at radius 1 is 1.57 bits per heavy atom. The first-order valence-corrected chi connectivity index (χ1v) is 7.52. The number of rotatable bonds is 7. The standard InChI is InChI=1S/C16H19N3O4/c1-12(20)14-3-4-15(16(9-14)19(21)22)18(7-2-6-17)10-13-5-8-23-11-13/h3-4,9,13H,2,5,7-8,10-11H2,1H3. The van der Waals surface area contributed by atoms with Crippen LogP contribution in [0.3, 0.4) is 0 Å². The summed E-state index contributed by atoms with van der Waals surface area (Å²) in [6.45, 7) is 3.71. The topological polar surface area (TPSA) is 96.5 Å². The molecule has 1 fully saturated rings. The zero-order chi connectivity index (χ0) is 16.8. The molecule has 0 spiro atoms. The average molecular weight is 317 g/mol. The quantitative estimate of drug-likeness (QED) is 0.435. The Morgan fingerprint density at radius 2 is 2.35 bits per heavy atom. The molecule has 0 bridgehead atoms. The van der Waals surface area contributed by atoms with E-state index >= 15 is 0 Å². The highest BCUT2D eigenvalue weighted by Gasteiger charge is 2.25. The summed E-state index contributed by atoms with van der Waals surface area (Å²) < 4.78 is 5.36. The molecule has 1 unspecified atom stereocenters. The van der Waals surface area contributed by atoms with Crippen LogP contribution in [0.4, 0.5) is 11.4 Å². The summed E-state index contributed by atoms with van der Waals surface area (Å²) >= 11 is 0. The first kappa shape index (κ1) is 16.9. The number of nitro groups is 1. The van der Waals surface area contributed by atoms with Crippen molar-refractivity contribution in [3.63, 3.8) is 0 Å². The fourth-order valence-corrected chi connectivity index (χ4v) is 2.69. The Kier molecular flexibility index (Phi) is 5.66. The molecule has 1 aromatic rings. The van der Waals surface area contributed by atoms with E-state index < -0.39 is 4.92 Å². The van der Waals surface area contributed by atoms with Crippen molar-refractivity contribution in [1.82, 2.24) is 0 Å². The number of carbonyl (C=O) groups is 1. The normalized spacial score (nSPS) is 16.8. The number of hydrogen-bond acceptors (Lipinski definition) is 6. The van der Waals surface area contributed by atoms with Crippen molar-refractivity contribution in [2.75, 3.05) is 31.2 Å². The molecule has 0 N–H and O–H groups in total. The molecule has 1 atom stereocenters. The first-order chi connectivity index (χ1) is 11.0. The van der Waals surface area contributed by atoms with Crippen molar-refractivity contribution in [2.24, 2.45) is 5.92 Å². The summed E-state index contributed by atoms with van der Waals surface area (Å²) in [4.78, 5) is 24.2. The summed E-state index contributed by atoms with van der Waals surface area (Å²) in [7, 11) is 0. The van der Waals surface area contributed by atoms with E-state index in [1.807, 2.05) is 4.90 Å². The van der Waals surface area contributed by atoms with Crippen molar-refractivity contribution in [3.05, 3.63) is 33.9 Å². The van der Waals surface area contributed by atoms with Crippen LogP contribution in [0.5, 0.6) is 0 Å². The largest absolute Gasteiger partial charge is 0.381 e. The van der Waals surface area contributed by atoms with Gasteiger partial charge < -0.3 is 9.64 Å². The molecule has 122 valence electrons. The summed E-state index contributed by atoms with van der Waals surface area (Å²) in [5, 5.41) is 20.2. The molecule has 1 heterocycles. The number of benzene rings is 1. The molecule has 0 amide bonds. The molecule has 0 saturated carbocycles. The van der Waals surface area contributed by atoms with Gasteiger partial charge in [0.25, 0.3) is 5.69 Å². The molecule has 1 aromatic carbocycles. The predicted octanol–water partition coefficient (Wildman–Crippen LogP) is 2.55. The third-order valence-electron chi connectivity index (χ3n) is 3.92. The molecule has 7 nitrogen and oxygen atoms in total. The van der Waals surface area contributed by atoms with Crippen molar-refractivity contribution < 1.29 is 14.5 Å². The number of Topliss-reactive ketones (excluding diaryl/α,β-unsaturated/α-hetero) is 1. The van der Waals surface area contributed by atoms with Crippen LogP contribution in [-0.4, -0.2) is 37.0 Å². The van der Waals surface area contributed by atoms with Crippen molar-refractivity contribution in [3.8, 4) is 6.07 Å². The van der Waals surface area contributed by atoms with Gasteiger partial charge in [-0.05, 0) is 25.5 Å². The minimum absolute atomic E-state index is 0.102. The molecular weight excluding hydrogens is 298 g/mol. The zero-order valence-corrected chi connectivity index (χ0v) is 13.0. The lowest BCUT2D eigenvalue weighted by atomic mass is 10.1. The van der Waals surface area contributed by atoms with Gasteiger partial charge in [0.2, 0.25) is 0 Å². The predicted molar refractivity (Wildman–Crippen MR) is 84.5 cm³/mol. The Bertz CT molecular complexity index is 633. The maximum atomic E-state index is 11.5. The van der Waals surface area contributed by atoms with Gasteiger partial charge in [-0.3, -0.25) is 14.9 Å². The molecule has 0 radical (unpaired) electrons. The van der Waals surface area contributed by atoms with E-state index in [0.29, 0.717) is 43.5 Å². The minimum atomic E-state index is -0.480. The fourth-order valence-electron chi connectivity index (χ4n) is 2.69. The number of nitro benzene ring substituents is 1. The number of nitriles is 1. The third kappa shape index (κ3) is 4.27. The van der Waals surface area contributed by atoms with Crippen LogP contribution < -0.4 is 4.90 Å². The van der Waals surface area contributed by atoms with Gasteiger partial charge in [-0.2, -0.15) is 5.26 Å². The second-order valence-corrected chi connectivity index (χ2v) is 5.60. The molecule has 7 heteroatoms. The molecule has 2 rings (SSSR count). The molecule has 1 aliphatic rings. The molecule has 1 aliphatic heterocycles. The van der Waals surface area contributed by atoms with Gasteiger partial charge in [-0.1, -0.05) is 0 Å². The van der Waals surface area contributed by atoms with E-state index in [2.05, 4.69) is 6.07 Å². The highest BCUT2D eigenvalue weighted by Crippen LogP contribution is 2.31. The lowest BCUT2D eigenvalue weighted by Gasteiger charge is -2.26. The lowest BCUT2D eigenvalue weighted by molar-refractivity contribution is -0.384. The van der Waals surface area contributed by atoms with Crippen LogP contribution in [-0.2, 0) is 4.74 Å². The monoisotopic (exact) mass is 317 g/mol. The van der Waals surface area contributed by atoms with E-state index in [0.717, 1.165) is 6.42 Å². The maximum absolute atomic E-state index is 11.5. The second-order valence-electron chi connectivity index (χ2n) is 5.60.